The summed E-state index contributed by atoms with van der Waals surface area (Å²) in [5, 5.41) is 13.7. The van der Waals surface area contributed by atoms with Crippen molar-refractivity contribution in [2.45, 2.75) is 6.54 Å². The molecule has 0 radical (unpaired) electrons. The Labute approximate surface area is 121 Å². The highest BCUT2D eigenvalue weighted by molar-refractivity contribution is 9.10. The van der Waals surface area contributed by atoms with Crippen molar-refractivity contribution in [1.29, 1.82) is 0 Å². The van der Waals surface area contributed by atoms with Gasteiger partial charge in [0.05, 0.1) is 4.92 Å². The zero-order chi connectivity index (χ0) is 13.1. The largest absolute Gasteiger partial charge is 0.380 e. The van der Waals surface area contributed by atoms with Crippen LogP contribution in [0.4, 0.5) is 11.4 Å². The quantitative estimate of drug-likeness (QED) is 0.645. The van der Waals surface area contributed by atoms with Crippen LogP contribution in [-0.2, 0) is 6.54 Å². The second-order valence-electron chi connectivity index (χ2n) is 3.49. The summed E-state index contributed by atoms with van der Waals surface area (Å²) in [6.45, 7) is 0.633. The van der Waals surface area contributed by atoms with Crippen LogP contribution in [0.1, 0.15) is 4.88 Å². The number of thiophene rings is 1. The molecule has 0 saturated carbocycles. The third kappa shape index (κ3) is 3.22. The van der Waals surface area contributed by atoms with Crippen molar-refractivity contribution in [2.75, 3.05) is 5.32 Å². The molecule has 0 bridgehead atoms. The van der Waals surface area contributed by atoms with Crippen molar-refractivity contribution in [3.63, 3.8) is 0 Å². The minimum atomic E-state index is -0.417. The predicted molar refractivity (Wildman–Crippen MR) is 77.5 cm³/mol. The molecule has 1 heterocycles. The van der Waals surface area contributed by atoms with Crippen LogP contribution in [0.5, 0.6) is 0 Å². The fourth-order valence-electron chi connectivity index (χ4n) is 1.37. The Bertz CT molecular complexity index is 551. The number of nitrogens with one attached hydrogen (secondary N) is 1. The van der Waals surface area contributed by atoms with E-state index in [1.54, 1.807) is 12.1 Å². The van der Waals surface area contributed by atoms with Gasteiger partial charge < -0.3 is 5.32 Å². The lowest BCUT2D eigenvalue weighted by Gasteiger charge is -2.03. The molecule has 7 heteroatoms. The maximum Gasteiger partial charge on any atom is 0.269 e. The number of non-ortho nitro benzene ring substituents is 1. The Hall–Kier alpha value is -1.11. The number of halogens is 2. The van der Waals surface area contributed by atoms with Crippen LogP contribution >= 0.6 is 38.9 Å². The lowest BCUT2D eigenvalue weighted by Crippen LogP contribution is -1.97. The molecule has 0 aliphatic carbocycles. The number of benzene rings is 1. The highest BCUT2D eigenvalue weighted by Crippen LogP contribution is 2.32. The summed E-state index contributed by atoms with van der Waals surface area (Å²) in [5.74, 6) is 0. The van der Waals surface area contributed by atoms with E-state index in [0.717, 1.165) is 19.4 Å². The lowest BCUT2D eigenvalue weighted by atomic mass is 10.3. The molecule has 2 aromatic rings. The van der Waals surface area contributed by atoms with Gasteiger partial charge >= 0.3 is 0 Å². The molecule has 4 nitrogen and oxygen atoms in total. The van der Waals surface area contributed by atoms with Crippen molar-refractivity contribution in [1.82, 2.24) is 0 Å². The fourth-order valence-corrected chi connectivity index (χ4v) is 3.10. The smallest absolute Gasteiger partial charge is 0.269 e. The molecule has 0 saturated heterocycles. The predicted octanol–water partition coefficient (Wildman–Crippen LogP) is 4.68. The molecule has 0 fully saturated rings. The first-order chi connectivity index (χ1) is 8.56. The van der Waals surface area contributed by atoms with Crippen LogP contribution in [0.2, 0.25) is 4.34 Å². The zero-order valence-corrected chi connectivity index (χ0v) is 12.2. The van der Waals surface area contributed by atoms with Crippen LogP contribution in [0.25, 0.3) is 0 Å². The minimum Gasteiger partial charge on any atom is -0.380 e. The molecule has 0 spiro atoms. The van der Waals surface area contributed by atoms with Gasteiger partial charge in [-0.3, -0.25) is 10.1 Å². The highest BCUT2D eigenvalue weighted by atomic mass is 79.9. The van der Waals surface area contributed by atoms with Gasteiger partial charge in [0.2, 0.25) is 0 Å². The van der Waals surface area contributed by atoms with Gasteiger partial charge in [-0.2, -0.15) is 0 Å². The summed E-state index contributed by atoms with van der Waals surface area (Å²) in [7, 11) is 0. The van der Waals surface area contributed by atoms with Gasteiger partial charge in [-0.25, -0.2) is 0 Å². The van der Waals surface area contributed by atoms with E-state index in [2.05, 4.69) is 21.2 Å². The monoisotopic (exact) mass is 346 g/mol. The Morgan fingerprint density at radius 3 is 2.56 bits per heavy atom. The van der Waals surface area contributed by atoms with E-state index in [0.29, 0.717) is 6.54 Å². The molecule has 94 valence electrons. The average Bonchev–Trinajstić information content (AvgIpc) is 2.67. The van der Waals surface area contributed by atoms with Crippen molar-refractivity contribution in [3.8, 4) is 0 Å². The maximum atomic E-state index is 10.5. The molecular formula is C11H8BrClN2O2S. The fraction of sp³-hybridized carbons (Fsp3) is 0.0909. The molecule has 1 N–H and O–H groups in total. The van der Waals surface area contributed by atoms with Crippen LogP contribution in [0.3, 0.4) is 0 Å². The van der Waals surface area contributed by atoms with E-state index in [1.807, 2.05) is 6.07 Å². The van der Waals surface area contributed by atoms with Crippen molar-refractivity contribution < 1.29 is 4.92 Å². The molecule has 18 heavy (non-hydrogen) atoms. The highest BCUT2D eigenvalue weighted by Gasteiger charge is 2.06. The first-order valence-electron chi connectivity index (χ1n) is 4.98. The van der Waals surface area contributed by atoms with Crippen molar-refractivity contribution >= 4 is 50.2 Å². The molecule has 0 amide bonds. The Morgan fingerprint density at radius 2 is 2.06 bits per heavy atom. The molecule has 0 unspecified atom stereocenters. The zero-order valence-electron chi connectivity index (χ0n) is 9.02. The summed E-state index contributed by atoms with van der Waals surface area (Å²) in [6.07, 6.45) is 0. The van der Waals surface area contributed by atoms with Crippen LogP contribution in [-0.4, -0.2) is 4.92 Å². The van der Waals surface area contributed by atoms with Gasteiger partial charge in [-0.15, -0.1) is 11.3 Å². The van der Waals surface area contributed by atoms with E-state index in [-0.39, 0.29) is 5.69 Å². The normalized spacial score (nSPS) is 10.3. The van der Waals surface area contributed by atoms with E-state index >= 15 is 0 Å². The maximum absolute atomic E-state index is 10.5. The summed E-state index contributed by atoms with van der Waals surface area (Å²) < 4.78 is 1.60. The van der Waals surface area contributed by atoms with Crippen molar-refractivity contribution in [2.24, 2.45) is 0 Å². The standard InChI is InChI=1S/C11H8BrClN2O2S/c12-10-5-9(18-11(10)13)6-14-7-1-3-8(4-2-7)15(16)17/h1-5,14H,6H2. The van der Waals surface area contributed by atoms with E-state index in [1.165, 1.54) is 23.5 Å². The summed E-state index contributed by atoms with van der Waals surface area (Å²) in [5.41, 5.74) is 0.920. The lowest BCUT2D eigenvalue weighted by molar-refractivity contribution is -0.384. The van der Waals surface area contributed by atoms with Crippen LogP contribution < -0.4 is 5.32 Å². The van der Waals surface area contributed by atoms with E-state index in [9.17, 15) is 10.1 Å². The first kappa shape index (κ1) is 13.3. The number of nitro groups is 1. The van der Waals surface area contributed by atoms with Crippen LogP contribution in [0, 0.1) is 10.1 Å². The minimum absolute atomic E-state index is 0.0856. The number of hydrogen-bond donors (Lipinski definition) is 1. The van der Waals surface area contributed by atoms with Gasteiger partial charge in [0.1, 0.15) is 4.34 Å². The van der Waals surface area contributed by atoms with Crippen LogP contribution in [0.15, 0.2) is 34.8 Å². The molecule has 0 atom stereocenters. The number of nitro benzene ring substituents is 1. The van der Waals surface area contributed by atoms with Gasteiger partial charge in [-0.05, 0) is 34.1 Å². The van der Waals surface area contributed by atoms with E-state index < -0.39 is 4.92 Å². The van der Waals surface area contributed by atoms with Gasteiger partial charge in [0.25, 0.3) is 5.69 Å². The molecule has 1 aromatic carbocycles. The number of hydrogen-bond acceptors (Lipinski definition) is 4. The number of rotatable bonds is 4. The Balaban J connectivity index is 2.00. The van der Waals surface area contributed by atoms with Gasteiger partial charge in [0.15, 0.2) is 0 Å². The molecule has 0 aliphatic rings. The first-order valence-corrected chi connectivity index (χ1v) is 6.97. The number of anilines is 1. The topological polar surface area (TPSA) is 55.2 Å². The number of nitrogens with zero attached hydrogens (tertiary/aromatic N) is 1. The average molecular weight is 348 g/mol. The molecule has 1 aromatic heterocycles. The Kier molecular flexibility index (Phi) is 4.21. The SMILES string of the molecule is O=[N+]([O-])c1ccc(NCc2cc(Br)c(Cl)s2)cc1. The van der Waals surface area contributed by atoms with Gasteiger partial charge in [0, 0.05) is 33.7 Å². The Morgan fingerprint density at radius 1 is 1.39 bits per heavy atom. The summed E-state index contributed by atoms with van der Waals surface area (Å²) in [6, 6.07) is 8.26. The molecular weight excluding hydrogens is 340 g/mol. The molecule has 2 rings (SSSR count). The van der Waals surface area contributed by atoms with Gasteiger partial charge in [-0.1, -0.05) is 11.6 Å². The second-order valence-corrected chi connectivity index (χ2v) is 6.09. The van der Waals surface area contributed by atoms with Crippen molar-refractivity contribution in [3.05, 3.63) is 54.1 Å². The van der Waals surface area contributed by atoms with E-state index in [4.69, 9.17) is 11.6 Å². The third-order valence-corrected chi connectivity index (χ3v) is 4.72. The molecule has 0 aliphatic heterocycles. The summed E-state index contributed by atoms with van der Waals surface area (Å²) in [4.78, 5) is 11.2. The summed E-state index contributed by atoms with van der Waals surface area (Å²) >= 11 is 10.8. The third-order valence-electron chi connectivity index (χ3n) is 2.24. The second kappa shape index (κ2) is 5.69.